The van der Waals surface area contributed by atoms with Crippen molar-refractivity contribution in [3.63, 3.8) is 0 Å². The fourth-order valence-corrected chi connectivity index (χ4v) is 3.96. The zero-order chi connectivity index (χ0) is 18.9. The van der Waals surface area contributed by atoms with Crippen LogP contribution in [0.4, 0.5) is 0 Å². The predicted molar refractivity (Wildman–Crippen MR) is 102 cm³/mol. The van der Waals surface area contributed by atoms with Gasteiger partial charge in [0.15, 0.2) is 0 Å². The summed E-state index contributed by atoms with van der Waals surface area (Å²) in [5.74, 6) is 2.27. The van der Waals surface area contributed by atoms with Crippen LogP contribution in [-0.4, -0.2) is 43.6 Å². The summed E-state index contributed by atoms with van der Waals surface area (Å²) in [5.41, 5.74) is 2.09. The summed E-state index contributed by atoms with van der Waals surface area (Å²) in [4.78, 5) is 23.4. The Morgan fingerprint density at radius 2 is 2.00 bits per heavy atom. The second-order valence-corrected chi connectivity index (χ2v) is 7.73. The fourth-order valence-electron chi connectivity index (χ4n) is 3.96. The second kappa shape index (κ2) is 7.22. The molecule has 5 rings (SSSR count). The van der Waals surface area contributed by atoms with Gasteiger partial charge in [0.25, 0.3) is 5.91 Å². The molecule has 0 radical (unpaired) electrons. The minimum Gasteiger partial charge on any atom is -0.351 e. The largest absolute Gasteiger partial charge is 0.351 e. The minimum absolute atomic E-state index is 0.0449. The number of pyridine rings is 1. The molecule has 1 saturated carbocycles. The number of likely N-dealkylation sites (tertiary alicyclic amines) is 1. The number of piperidine rings is 1. The summed E-state index contributed by atoms with van der Waals surface area (Å²) in [7, 11) is 0. The van der Waals surface area contributed by atoms with Crippen molar-refractivity contribution in [2.24, 2.45) is 0 Å². The van der Waals surface area contributed by atoms with Crippen molar-refractivity contribution in [1.29, 1.82) is 0 Å². The van der Waals surface area contributed by atoms with Crippen LogP contribution in [0.25, 0.3) is 0 Å². The Labute approximate surface area is 163 Å². The smallest absolute Gasteiger partial charge is 0.292 e. The van der Waals surface area contributed by atoms with E-state index in [1.807, 2.05) is 35.6 Å². The summed E-state index contributed by atoms with van der Waals surface area (Å²) in [5, 5.41) is 4.06. The number of rotatable bonds is 5. The van der Waals surface area contributed by atoms with Crippen LogP contribution in [0.15, 0.2) is 47.5 Å². The zero-order valence-corrected chi connectivity index (χ0v) is 15.7. The maximum atomic E-state index is 12.7. The van der Waals surface area contributed by atoms with Crippen molar-refractivity contribution in [3.8, 4) is 0 Å². The van der Waals surface area contributed by atoms with Crippen LogP contribution in [-0.2, 0) is 6.54 Å². The lowest BCUT2D eigenvalue weighted by Gasteiger charge is -2.31. The Kier molecular flexibility index (Phi) is 4.43. The van der Waals surface area contributed by atoms with Gasteiger partial charge in [-0.2, -0.15) is 0 Å². The van der Waals surface area contributed by atoms with Gasteiger partial charge in [0.1, 0.15) is 5.82 Å². The first-order valence-corrected chi connectivity index (χ1v) is 9.94. The Morgan fingerprint density at radius 3 is 2.75 bits per heavy atom. The molecule has 3 aromatic rings. The summed E-state index contributed by atoms with van der Waals surface area (Å²) >= 11 is 0. The lowest BCUT2D eigenvalue weighted by molar-refractivity contribution is 0.0668. The lowest BCUT2D eigenvalue weighted by Crippen LogP contribution is -2.38. The van der Waals surface area contributed by atoms with Gasteiger partial charge in [0.05, 0.1) is 12.2 Å². The van der Waals surface area contributed by atoms with Gasteiger partial charge >= 0.3 is 0 Å². The molecule has 4 heterocycles. The fraction of sp³-hybridized carbons (Fsp3) is 0.429. The molecule has 1 aliphatic heterocycles. The summed E-state index contributed by atoms with van der Waals surface area (Å²) in [6, 6.07) is 5.85. The number of carbonyl (C=O) groups excluding carboxylic acids is 1. The molecule has 2 aliphatic rings. The third kappa shape index (κ3) is 3.44. The van der Waals surface area contributed by atoms with Gasteiger partial charge in [-0.25, -0.2) is 4.98 Å². The van der Waals surface area contributed by atoms with Crippen molar-refractivity contribution in [2.75, 3.05) is 13.1 Å². The van der Waals surface area contributed by atoms with E-state index in [0.29, 0.717) is 30.7 Å². The summed E-state index contributed by atoms with van der Waals surface area (Å²) in [6.07, 6.45) is 11.7. The Balaban J connectivity index is 1.22. The molecule has 0 unspecified atom stereocenters. The van der Waals surface area contributed by atoms with Crippen molar-refractivity contribution in [3.05, 3.63) is 65.8 Å². The van der Waals surface area contributed by atoms with Crippen molar-refractivity contribution < 1.29 is 9.32 Å². The second-order valence-electron chi connectivity index (χ2n) is 7.73. The molecular weight excluding hydrogens is 354 g/mol. The van der Waals surface area contributed by atoms with Gasteiger partial charge in [0.2, 0.25) is 5.76 Å². The van der Waals surface area contributed by atoms with Crippen molar-refractivity contribution >= 4 is 5.91 Å². The first-order chi connectivity index (χ1) is 13.8. The summed E-state index contributed by atoms with van der Waals surface area (Å²) in [6.45, 7) is 2.19. The minimum atomic E-state index is -0.0449. The number of imidazole rings is 1. The lowest BCUT2D eigenvalue weighted by atomic mass is 9.95. The molecule has 1 aliphatic carbocycles. The molecule has 7 heteroatoms. The van der Waals surface area contributed by atoms with Crippen molar-refractivity contribution in [1.82, 2.24) is 24.6 Å². The van der Waals surface area contributed by atoms with Gasteiger partial charge in [-0.05, 0) is 37.3 Å². The topological polar surface area (TPSA) is 77.0 Å². The first-order valence-electron chi connectivity index (χ1n) is 9.94. The molecule has 0 bridgehead atoms. The zero-order valence-electron chi connectivity index (χ0n) is 15.7. The van der Waals surface area contributed by atoms with E-state index in [-0.39, 0.29) is 5.91 Å². The van der Waals surface area contributed by atoms with Gasteiger partial charge in [0, 0.05) is 55.8 Å². The number of nitrogens with zero attached hydrogens (tertiary/aromatic N) is 5. The molecular formula is C21H23N5O2. The predicted octanol–water partition coefficient (Wildman–Crippen LogP) is 3.21. The van der Waals surface area contributed by atoms with Crippen LogP contribution in [0.5, 0.6) is 0 Å². The molecule has 0 N–H and O–H groups in total. The SMILES string of the molecule is O=C(c1cc(C2CC2)no1)N1CCC(c2nccn2Cc2cccnc2)CC1. The van der Waals surface area contributed by atoms with Crippen LogP contribution in [0.1, 0.15) is 65.2 Å². The monoisotopic (exact) mass is 377 g/mol. The van der Waals surface area contributed by atoms with E-state index in [1.54, 1.807) is 6.20 Å². The molecule has 3 aromatic heterocycles. The van der Waals surface area contributed by atoms with Gasteiger partial charge in [-0.3, -0.25) is 9.78 Å². The molecule has 0 aromatic carbocycles. The molecule has 0 atom stereocenters. The van der Waals surface area contributed by atoms with Gasteiger partial charge in [-0.1, -0.05) is 11.2 Å². The van der Waals surface area contributed by atoms with Crippen LogP contribution >= 0.6 is 0 Å². The van der Waals surface area contributed by atoms with Crippen LogP contribution in [0.3, 0.4) is 0 Å². The van der Waals surface area contributed by atoms with E-state index >= 15 is 0 Å². The number of amides is 1. The third-order valence-corrected chi connectivity index (χ3v) is 5.71. The molecule has 28 heavy (non-hydrogen) atoms. The number of hydrogen-bond donors (Lipinski definition) is 0. The third-order valence-electron chi connectivity index (χ3n) is 5.71. The molecule has 0 spiro atoms. The molecule has 1 saturated heterocycles. The van der Waals surface area contributed by atoms with E-state index in [4.69, 9.17) is 4.52 Å². The highest BCUT2D eigenvalue weighted by Crippen LogP contribution is 2.39. The van der Waals surface area contributed by atoms with E-state index in [1.165, 1.54) is 0 Å². The Morgan fingerprint density at radius 1 is 1.14 bits per heavy atom. The standard InChI is InChI=1S/C21H23N5O2/c27-21(19-12-18(24-28-19)16-3-4-16)25-9-5-17(6-10-25)20-23-8-11-26(20)14-15-2-1-7-22-13-15/h1-2,7-8,11-13,16-17H,3-6,9-10,14H2. The molecule has 7 nitrogen and oxygen atoms in total. The maximum Gasteiger partial charge on any atom is 0.292 e. The average molecular weight is 377 g/mol. The molecule has 1 amide bonds. The van der Waals surface area contributed by atoms with Crippen LogP contribution in [0.2, 0.25) is 0 Å². The number of aromatic nitrogens is 4. The highest BCUT2D eigenvalue weighted by molar-refractivity contribution is 5.91. The average Bonchev–Trinajstić information content (AvgIpc) is 3.29. The maximum absolute atomic E-state index is 12.7. The summed E-state index contributed by atoms with van der Waals surface area (Å²) < 4.78 is 7.49. The van der Waals surface area contributed by atoms with Gasteiger partial charge < -0.3 is 14.0 Å². The Bertz CT molecular complexity index is 952. The van der Waals surface area contributed by atoms with E-state index in [9.17, 15) is 4.79 Å². The normalized spacial score (nSPS) is 17.8. The Hall–Kier alpha value is -2.96. The number of carbonyl (C=O) groups is 1. The first kappa shape index (κ1) is 17.2. The highest BCUT2D eigenvalue weighted by Gasteiger charge is 2.31. The van der Waals surface area contributed by atoms with Crippen molar-refractivity contribution in [2.45, 2.75) is 44.1 Å². The number of hydrogen-bond acceptors (Lipinski definition) is 5. The highest BCUT2D eigenvalue weighted by atomic mass is 16.5. The molecule has 144 valence electrons. The van der Waals surface area contributed by atoms with Crippen LogP contribution < -0.4 is 0 Å². The quantitative estimate of drug-likeness (QED) is 0.682. The molecule has 2 fully saturated rings. The van der Waals surface area contributed by atoms with E-state index in [2.05, 4.69) is 25.8 Å². The van der Waals surface area contributed by atoms with Gasteiger partial charge in [-0.15, -0.1) is 0 Å². The van der Waals surface area contributed by atoms with E-state index in [0.717, 1.165) is 49.3 Å². The van der Waals surface area contributed by atoms with E-state index < -0.39 is 0 Å². The van der Waals surface area contributed by atoms with Crippen LogP contribution in [0, 0.1) is 0 Å².